The van der Waals surface area contributed by atoms with E-state index in [2.05, 4.69) is 14.8 Å². The molecule has 1 aliphatic heterocycles. The van der Waals surface area contributed by atoms with E-state index in [1.807, 2.05) is 0 Å². The van der Waals surface area contributed by atoms with Gasteiger partial charge >= 0.3 is 18.1 Å². The minimum atomic E-state index is -3.63. The number of carbonyl (C=O) groups excluding carboxylic acids is 3. The SMILES string of the molecule is CCOC(=O)CNC(=O)Nc1ccc(N2CC(COS(C)(=O)=O)OC2=O)cc1. The van der Waals surface area contributed by atoms with E-state index in [0.29, 0.717) is 11.4 Å². The maximum absolute atomic E-state index is 11.9. The molecule has 0 radical (unpaired) electrons. The van der Waals surface area contributed by atoms with Crippen LogP contribution in [0.15, 0.2) is 24.3 Å². The number of urea groups is 1. The van der Waals surface area contributed by atoms with Gasteiger partial charge in [-0.15, -0.1) is 0 Å². The first-order valence-electron chi connectivity index (χ1n) is 8.31. The molecule has 1 saturated heterocycles. The van der Waals surface area contributed by atoms with Crippen molar-refractivity contribution in [3.05, 3.63) is 24.3 Å². The first-order valence-corrected chi connectivity index (χ1v) is 10.1. The second-order valence-electron chi connectivity index (χ2n) is 5.76. The number of esters is 1. The Morgan fingerprint density at radius 2 is 1.96 bits per heavy atom. The summed E-state index contributed by atoms with van der Waals surface area (Å²) in [5, 5.41) is 4.89. The molecule has 0 saturated carbocycles. The number of amides is 3. The molecule has 0 bridgehead atoms. The van der Waals surface area contributed by atoms with Gasteiger partial charge in [-0.2, -0.15) is 8.42 Å². The van der Waals surface area contributed by atoms with E-state index in [-0.39, 0.29) is 26.3 Å². The van der Waals surface area contributed by atoms with Gasteiger partial charge in [0.25, 0.3) is 10.1 Å². The van der Waals surface area contributed by atoms with Crippen molar-refractivity contribution >= 4 is 39.6 Å². The summed E-state index contributed by atoms with van der Waals surface area (Å²) in [6.07, 6.45) is -0.431. The van der Waals surface area contributed by atoms with Crippen LogP contribution in [0.5, 0.6) is 0 Å². The van der Waals surface area contributed by atoms with E-state index in [1.165, 1.54) is 4.90 Å². The van der Waals surface area contributed by atoms with Gasteiger partial charge in [0.15, 0.2) is 0 Å². The van der Waals surface area contributed by atoms with E-state index >= 15 is 0 Å². The van der Waals surface area contributed by atoms with Crippen LogP contribution in [0.1, 0.15) is 6.92 Å². The number of anilines is 2. The van der Waals surface area contributed by atoms with Crippen molar-refractivity contribution in [3.8, 4) is 0 Å². The van der Waals surface area contributed by atoms with E-state index in [1.54, 1.807) is 31.2 Å². The zero-order chi connectivity index (χ0) is 20.7. The van der Waals surface area contributed by atoms with Crippen molar-refractivity contribution in [2.45, 2.75) is 13.0 Å². The molecule has 1 atom stereocenters. The molecule has 2 rings (SSSR count). The number of carbonyl (C=O) groups is 3. The quantitative estimate of drug-likeness (QED) is 0.466. The summed E-state index contributed by atoms with van der Waals surface area (Å²) >= 11 is 0. The van der Waals surface area contributed by atoms with Gasteiger partial charge < -0.3 is 20.1 Å². The highest BCUT2D eigenvalue weighted by Gasteiger charge is 2.33. The Hall–Kier alpha value is -2.86. The minimum absolute atomic E-state index is 0.126. The van der Waals surface area contributed by atoms with Crippen LogP contribution in [0, 0.1) is 0 Å². The molecule has 28 heavy (non-hydrogen) atoms. The topological polar surface area (TPSA) is 140 Å². The number of cyclic esters (lactones) is 1. The molecule has 1 unspecified atom stereocenters. The number of ether oxygens (including phenoxy) is 2. The summed E-state index contributed by atoms with van der Waals surface area (Å²) in [7, 11) is -3.63. The van der Waals surface area contributed by atoms with E-state index in [4.69, 9.17) is 9.47 Å². The molecule has 11 nitrogen and oxygen atoms in total. The van der Waals surface area contributed by atoms with Crippen LogP contribution in [-0.2, 0) is 28.6 Å². The number of hydrogen-bond donors (Lipinski definition) is 2. The molecule has 0 aromatic heterocycles. The highest BCUT2D eigenvalue weighted by molar-refractivity contribution is 7.85. The lowest BCUT2D eigenvalue weighted by molar-refractivity contribution is -0.141. The molecule has 154 valence electrons. The number of nitrogens with one attached hydrogen (secondary N) is 2. The molecule has 1 aromatic rings. The van der Waals surface area contributed by atoms with Crippen LogP contribution < -0.4 is 15.5 Å². The molecule has 1 fully saturated rings. The van der Waals surface area contributed by atoms with Crippen molar-refractivity contribution in [2.75, 3.05) is 42.8 Å². The second-order valence-corrected chi connectivity index (χ2v) is 7.41. The van der Waals surface area contributed by atoms with Crippen molar-refractivity contribution in [3.63, 3.8) is 0 Å². The van der Waals surface area contributed by atoms with E-state index in [9.17, 15) is 22.8 Å². The monoisotopic (exact) mass is 415 g/mol. The van der Waals surface area contributed by atoms with Crippen molar-refractivity contribution < 1.29 is 36.5 Å². The fourth-order valence-corrected chi connectivity index (χ4v) is 2.68. The molecular formula is C16H21N3O8S. The van der Waals surface area contributed by atoms with Crippen molar-refractivity contribution in [1.29, 1.82) is 0 Å². The van der Waals surface area contributed by atoms with Crippen LogP contribution in [0.2, 0.25) is 0 Å². The third kappa shape index (κ3) is 6.70. The van der Waals surface area contributed by atoms with Gasteiger partial charge in [0.1, 0.15) is 19.3 Å². The predicted octanol–water partition coefficient (Wildman–Crippen LogP) is 0.673. The Morgan fingerprint density at radius 1 is 1.29 bits per heavy atom. The number of benzene rings is 1. The molecule has 1 aromatic carbocycles. The van der Waals surface area contributed by atoms with Crippen molar-refractivity contribution in [2.24, 2.45) is 0 Å². The summed E-state index contributed by atoms with van der Waals surface area (Å²) in [4.78, 5) is 36.2. The van der Waals surface area contributed by atoms with Gasteiger partial charge in [0, 0.05) is 11.4 Å². The second kappa shape index (κ2) is 9.37. The van der Waals surface area contributed by atoms with Gasteiger partial charge in [-0.25, -0.2) is 9.59 Å². The molecule has 0 spiro atoms. The fraction of sp³-hybridized carbons (Fsp3) is 0.438. The lowest BCUT2D eigenvalue weighted by atomic mass is 10.2. The third-order valence-electron chi connectivity index (χ3n) is 3.48. The van der Waals surface area contributed by atoms with Crippen LogP contribution in [0.25, 0.3) is 0 Å². The first-order chi connectivity index (χ1) is 13.2. The van der Waals surface area contributed by atoms with Crippen molar-refractivity contribution in [1.82, 2.24) is 5.32 Å². The van der Waals surface area contributed by atoms with E-state index in [0.717, 1.165) is 6.26 Å². The molecule has 0 aliphatic carbocycles. The Balaban J connectivity index is 1.87. The van der Waals surface area contributed by atoms with Gasteiger partial charge in [-0.1, -0.05) is 0 Å². The number of nitrogens with zero attached hydrogens (tertiary/aromatic N) is 1. The van der Waals surface area contributed by atoms with Gasteiger partial charge in [0.05, 0.1) is 19.4 Å². The Labute approximate surface area is 162 Å². The fourth-order valence-electron chi connectivity index (χ4n) is 2.28. The third-order valence-corrected chi connectivity index (χ3v) is 4.04. The zero-order valence-corrected chi connectivity index (χ0v) is 16.2. The van der Waals surface area contributed by atoms with Gasteiger partial charge in [0.2, 0.25) is 0 Å². The maximum atomic E-state index is 11.9. The largest absolute Gasteiger partial charge is 0.465 e. The Kier molecular flexibility index (Phi) is 7.18. The van der Waals surface area contributed by atoms with Crippen LogP contribution in [0.4, 0.5) is 21.0 Å². The maximum Gasteiger partial charge on any atom is 0.414 e. The lowest BCUT2D eigenvalue weighted by Crippen LogP contribution is -2.34. The standard InChI is InChI=1S/C16H21N3O8S/c1-3-25-14(20)8-17-15(21)18-11-4-6-12(7-5-11)19-9-13(27-16(19)22)10-26-28(2,23)24/h4-7,13H,3,8-10H2,1-2H3,(H2,17,18,21). The summed E-state index contributed by atoms with van der Waals surface area (Å²) in [5.41, 5.74) is 0.943. The number of hydrogen-bond acceptors (Lipinski definition) is 8. The molecule has 12 heteroatoms. The summed E-state index contributed by atoms with van der Waals surface area (Å²) < 4.78 is 36.5. The van der Waals surface area contributed by atoms with Crippen LogP contribution in [0.3, 0.4) is 0 Å². The first kappa shape index (κ1) is 21.4. The summed E-state index contributed by atoms with van der Waals surface area (Å²) in [6, 6.07) is 5.71. The van der Waals surface area contributed by atoms with Crippen LogP contribution in [-0.4, -0.2) is 65.2 Å². The zero-order valence-electron chi connectivity index (χ0n) is 15.3. The molecule has 1 aliphatic rings. The average molecular weight is 415 g/mol. The Morgan fingerprint density at radius 3 is 2.57 bits per heavy atom. The normalized spacial score (nSPS) is 16.4. The Bertz CT molecular complexity index is 825. The predicted molar refractivity (Wildman–Crippen MR) is 98.5 cm³/mol. The number of rotatable bonds is 8. The average Bonchev–Trinajstić information content (AvgIpc) is 2.99. The molecule has 1 heterocycles. The molecular weight excluding hydrogens is 394 g/mol. The van der Waals surface area contributed by atoms with Crippen LogP contribution >= 0.6 is 0 Å². The smallest absolute Gasteiger partial charge is 0.414 e. The van der Waals surface area contributed by atoms with E-state index < -0.39 is 34.3 Å². The highest BCUT2D eigenvalue weighted by Crippen LogP contribution is 2.23. The lowest BCUT2D eigenvalue weighted by Gasteiger charge is -2.14. The molecule has 2 N–H and O–H groups in total. The summed E-state index contributed by atoms with van der Waals surface area (Å²) in [6.45, 7) is 1.50. The molecule has 3 amide bonds. The summed E-state index contributed by atoms with van der Waals surface area (Å²) in [5.74, 6) is -0.546. The van der Waals surface area contributed by atoms with Gasteiger partial charge in [-0.3, -0.25) is 13.9 Å². The minimum Gasteiger partial charge on any atom is -0.465 e. The highest BCUT2D eigenvalue weighted by atomic mass is 32.2. The van der Waals surface area contributed by atoms with Gasteiger partial charge in [-0.05, 0) is 31.2 Å².